The molecule has 2 fully saturated rings. The molecule has 4 atom stereocenters. The molecule has 0 bridgehead atoms. The van der Waals surface area contributed by atoms with Crippen molar-refractivity contribution in [2.45, 2.75) is 73.0 Å². The van der Waals surface area contributed by atoms with Gasteiger partial charge in [-0.2, -0.15) is 0 Å². The molecule has 1 unspecified atom stereocenters. The topological polar surface area (TPSA) is 98.7 Å². The third-order valence-corrected chi connectivity index (χ3v) is 5.62. The number of carboxylic acids is 1. The molecule has 1 saturated carbocycles. The molecule has 148 valence electrons. The van der Waals surface area contributed by atoms with Gasteiger partial charge in [-0.1, -0.05) is 34.6 Å². The van der Waals surface area contributed by atoms with Crippen molar-refractivity contribution >= 4 is 17.9 Å². The lowest BCUT2D eigenvalue weighted by Crippen LogP contribution is -2.60. The van der Waals surface area contributed by atoms with Crippen LogP contribution < -0.4 is 10.6 Å². The van der Waals surface area contributed by atoms with Gasteiger partial charge in [-0.3, -0.25) is 4.79 Å². The fourth-order valence-electron chi connectivity index (χ4n) is 4.12. The number of carbonyl (C=O) groups is 3. The lowest BCUT2D eigenvalue weighted by Gasteiger charge is -2.37. The van der Waals surface area contributed by atoms with Gasteiger partial charge < -0.3 is 20.6 Å². The van der Waals surface area contributed by atoms with E-state index in [1.807, 2.05) is 41.5 Å². The summed E-state index contributed by atoms with van der Waals surface area (Å²) in [6.07, 6.45) is 0. The fourth-order valence-corrected chi connectivity index (χ4v) is 4.12. The minimum atomic E-state index is -0.969. The Hall–Kier alpha value is -1.79. The SMILES string of the molecule is CC(C)(C)NC(=O)N[C@H](C(=O)N1CC2[C@@H]([C@H]1C(=O)O)C2(C)C)C(C)(C)C. The molecule has 0 aromatic heterocycles. The van der Waals surface area contributed by atoms with E-state index >= 15 is 0 Å². The molecular formula is C19H33N3O4. The van der Waals surface area contributed by atoms with Crippen molar-refractivity contribution in [2.75, 3.05) is 6.54 Å². The van der Waals surface area contributed by atoms with E-state index in [1.165, 1.54) is 4.90 Å². The van der Waals surface area contributed by atoms with Gasteiger partial charge in [0.05, 0.1) is 0 Å². The molecule has 1 heterocycles. The highest BCUT2D eigenvalue weighted by Crippen LogP contribution is 2.64. The first-order valence-corrected chi connectivity index (χ1v) is 9.19. The molecular weight excluding hydrogens is 334 g/mol. The quantitative estimate of drug-likeness (QED) is 0.711. The van der Waals surface area contributed by atoms with Crippen molar-refractivity contribution < 1.29 is 19.5 Å². The molecule has 26 heavy (non-hydrogen) atoms. The Morgan fingerprint density at radius 2 is 1.65 bits per heavy atom. The Kier molecular flexibility index (Phi) is 4.84. The Morgan fingerprint density at radius 1 is 1.12 bits per heavy atom. The molecule has 1 aliphatic carbocycles. The van der Waals surface area contributed by atoms with Crippen LogP contribution in [0.15, 0.2) is 0 Å². The van der Waals surface area contributed by atoms with Crippen molar-refractivity contribution in [3.8, 4) is 0 Å². The highest BCUT2D eigenvalue weighted by Gasteiger charge is 2.70. The first-order valence-electron chi connectivity index (χ1n) is 9.19. The summed E-state index contributed by atoms with van der Waals surface area (Å²) in [5.41, 5.74) is -1.02. The molecule has 0 spiro atoms. The summed E-state index contributed by atoms with van der Waals surface area (Å²) in [5, 5.41) is 15.2. The molecule has 1 aliphatic heterocycles. The third-order valence-electron chi connectivity index (χ3n) is 5.62. The Labute approximate surface area is 155 Å². The van der Waals surface area contributed by atoms with Gasteiger partial charge in [0.25, 0.3) is 0 Å². The van der Waals surface area contributed by atoms with Crippen molar-refractivity contribution in [1.29, 1.82) is 0 Å². The number of hydrogen-bond acceptors (Lipinski definition) is 3. The molecule has 0 aromatic carbocycles. The predicted octanol–water partition coefficient (Wildman–Crippen LogP) is 2.07. The summed E-state index contributed by atoms with van der Waals surface area (Å²) in [4.78, 5) is 38.8. The van der Waals surface area contributed by atoms with E-state index in [1.54, 1.807) is 0 Å². The van der Waals surface area contributed by atoms with Gasteiger partial charge in [-0.25, -0.2) is 9.59 Å². The number of hydrogen-bond donors (Lipinski definition) is 3. The number of amides is 3. The second-order valence-electron chi connectivity index (χ2n) is 10.4. The molecule has 7 heteroatoms. The Bertz CT molecular complexity index is 615. The highest BCUT2D eigenvalue weighted by atomic mass is 16.4. The number of aliphatic carboxylic acids is 1. The van der Waals surface area contributed by atoms with E-state index in [9.17, 15) is 19.5 Å². The average molecular weight is 367 g/mol. The number of urea groups is 1. The van der Waals surface area contributed by atoms with E-state index in [0.29, 0.717) is 6.54 Å². The molecule has 1 saturated heterocycles. The van der Waals surface area contributed by atoms with Crippen molar-refractivity contribution in [3.63, 3.8) is 0 Å². The minimum Gasteiger partial charge on any atom is -0.480 e. The smallest absolute Gasteiger partial charge is 0.326 e. The number of carbonyl (C=O) groups excluding carboxylic acids is 2. The number of nitrogens with one attached hydrogen (secondary N) is 2. The van der Waals surface area contributed by atoms with E-state index in [-0.39, 0.29) is 23.2 Å². The lowest BCUT2D eigenvalue weighted by molar-refractivity contribution is -0.152. The van der Waals surface area contributed by atoms with Gasteiger partial charge in [0.15, 0.2) is 0 Å². The molecule has 2 rings (SSSR count). The minimum absolute atomic E-state index is 0.0204. The van der Waals surface area contributed by atoms with Crippen LogP contribution in [-0.2, 0) is 9.59 Å². The number of rotatable bonds is 3. The average Bonchev–Trinajstić information content (AvgIpc) is 2.81. The molecule has 7 nitrogen and oxygen atoms in total. The summed E-state index contributed by atoms with van der Waals surface area (Å²) in [6, 6.07) is -2.05. The van der Waals surface area contributed by atoms with Crippen LogP contribution in [0, 0.1) is 22.7 Å². The normalized spacial score (nSPS) is 28.2. The third kappa shape index (κ3) is 3.81. The van der Waals surface area contributed by atoms with E-state index < -0.39 is 35.0 Å². The predicted molar refractivity (Wildman–Crippen MR) is 98.6 cm³/mol. The highest BCUT2D eigenvalue weighted by molar-refractivity contribution is 5.92. The zero-order valence-corrected chi connectivity index (χ0v) is 17.1. The maximum atomic E-state index is 13.2. The van der Waals surface area contributed by atoms with Crippen LogP contribution >= 0.6 is 0 Å². The van der Waals surface area contributed by atoms with Gasteiger partial charge in [0, 0.05) is 18.0 Å². The standard InChI is InChI=1S/C19H33N3O4/c1-17(2,3)13(20-16(26)21-18(4,5)6)14(23)22-9-10-11(19(10,7)8)12(22)15(24)25/h10-13H,9H2,1-8H3,(H,24,25)(H2,20,21,26)/t10?,11-,12-,13+/m0/s1. The monoisotopic (exact) mass is 367 g/mol. The van der Waals surface area contributed by atoms with Gasteiger partial charge in [0.1, 0.15) is 12.1 Å². The first-order chi connectivity index (χ1) is 11.6. The van der Waals surface area contributed by atoms with Gasteiger partial charge in [0.2, 0.25) is 5.91 Å². The van der Waals surface area contributed by atoms with Crippen LogP contribution in [0.25, 0.3) is 0 Å². The summed E-state index contributed by atoms with van der Waals surface area (Å²) in [6.45, 7) is 15.7. The van der Waals surface area contributed by atoms with Crippen molar-refractivity contribution in [1.82, 2.24) is 15.5 Å². The largest absolute Gasteiger partial charge is 0.480 e. The number of nitrogens with zero attached hydrogens (tertiary/aromatic N) is 1. The van der Waals surface area contributed by atoms with E-state index in [0.717, 1.165) is 0 Å². The second-order valence-corrected chi connectivity index (χ2v) is 10.4. The molecule has 3 amide bonds. The maximum Gasteiger partial charge on any atom is 0.326 e. The van der Waals surface area contributed by atoms with Crippen molar-refractivity contribution in [3.05, 3.63) is 0 Å². The maximum absolute atomic E-state index is 13.2. The fraction of sp³-hybridized carbons (Fsp3) is 0.842. The van der Waals surface area contributed by atoms with Crippen LogP contribution in [0.3, 0.4) is 0 Å². The first kappa shape index (κ1) is 20.5. The van der Waals surface area contributed by atoms with Crippen LogP contribution in [0.2, 0.25) is 0 Å². The van der Waals surface area contributed by atoms with Gasteiger partial charge >= 0.3 is 12.0 Å². The number of piperidine rings is 1. The summed E-state index contributed by atoms with van der Waals surface area (Å²) < 4.78 is 0. The zero-order valence-electron chi connectivity index (χ0n) is 17.1. The summed E-state index contributed by atoms with van der Waals surface area (Å²) in [7, 11) is 0. The van der Waals surface area contributed by atoms with Crippen molar-refractivity contribution in [2.24, 2.45) is 22.7 Å². The summed E-state index contributed by atoms with van der Waals surface area (Å²) in [5.74, 6) is -1.11. The van der Waals surface area contributed by atoms with Crippen LogP contribution in [0.5, 0.6) is 0 Å². The summed E-state index contributed by atoms with van der Waals surface area (Å²) >= 11 is 0. The molecule has 0 aromatic rings. The number of carboxylic acid groups (broad SMARTS) is 1. The van der Waals surface area contributed by atoms with E-state index in [2.05, 4.69) is 24.5 Å². The number of fused-ring (bicyclic) bond motifs is 1. The Morgan fingerprint density at radius 3 is 2.08 bits per heavy atom. The molecule has 2 aliphatic rings. The van der Waals surface area contributed by atoms with Crippen LogP contribution in [-0.4, -0.2) is 52.1 Å². The van der Waals surface area contributed by atoms with E-state index in [4.69, 9.17) is 0 Å². The van der Waals surface area contributed by atoms with Gasteiger partial charge in [-0.05, 0) is 37.5 Å². The lowest BCUT2D eigenvalue weighted by atomic mass is 9.85. The second kappa shape index (κ2) is 6.13. The van der Waals surface area contributed by atoms with Crippen LogP contribution in [0.1, 0.15) is 55.4 Å². The van der Waals surface area contributed by atoms with Gasteiger partial charge in [-0.15, -0.1) is 0 Å². The number of likely N-dealkylation sites (tertiary alicyclic amines) is 1. The molecule has 3 N–H and O–H groups in total. The zero-order chi connectivity index (χ0) is 20.2. The molecule has 0 radical (unpaired) electrons. The Balaban J connectivity index is 2.20. The van der Waals surface area contributed by atoms with Crippen LogP contribution in [0.4, 0.5) is 4.79 Å².